The van der Waals surface area contributed by atoms with Crippen molar-refractivity contribution in [2.24, 2.45) is 0 Å². The van der Waals surface area contributed by atoms with Crippen LogP contribution >= 0.6 is 22.6 Å². The molecular formula is C9H8IN3O. The SMILES string of the molecule is CC(=O)Cn1cc2ncc(I)cc2n1. The van der Waals surface area contributed by atoms with Gasteiger partial charge in [0.25, 0.3) is 0 Å². The Hall–Kier alpha value is -0.980. The maximum Gasteiger partial charge on any atom is 0.151 e. The van der Waals surface area contributed by atoms with Gasteiger partial charge in [-0.25, -0.2) is 0 Å². The molecule has 0 aliphatic heterocycles. The third-order valence-electron chi connectivity index (χ3n) is 1.76. The molecule has 0 unspecified atom stereocenters. The van der Waals surface area contributed by atoms with E-state index in [9.17, 15) is 4.79 Å². The number of aromatic nitrogens is 3. The van der Waals surface area contributed by atoms with Gasteiger partial charge in [0.2, 0.25) is 0 Å². The van der Waals surface area contributed by atoms with Crippen molar-refractivity contribution in [2.75, 3.05) is 0 Å². The first kappa shape index (κ1) is 9.57. The highest BCUT2D eigenvalue weighted by Crippen LogP contribution is 2.12. The molecule has 0 amide bonds. The van der Waals surface area contributed by atoms with E-state index in [2.05, 4.69) is 32.7 Å². The van der Waals surface area contributed by atoms with Gasteiger partial charge in [0.05, 0.1) is 12.7 Å². The van der Waals surface area contributed by atoms with Crippen molar-refractivity contribution < 1.29 is 4.79 Å². The Morgan fingerprint density at radius 2 is 2.36 bits per heavy atom. The number of nitrogens with zero attached hydrogens (tertiary/aromatic N) is 3. The maximum atomic E-state index is 10.9. The Kier molecular flexibility index (Phi) is 2.49. The van der Waals surface area contributed by atoms with Crippen LogP contribution in [0.4, 0.5) is 0 Å². The van der Waals surface area contributed by atoms with E-state index in [1.54, 1.807) is 24.0 Å². The summed E-state index contributed by atoms with van der Waals surface area (Å²) in [6, 6.07) is 1.94. The molecule has 14 heavy (non-hydrogen) atoms. The lowest BCUT2D eigenvalue weighted by Crippen LogP contribution is -2.05. The molecule has 0 bridgehead atoms. The van der Waals surface area contributed by atoms with Gasteiger partial charge in [0.1, 0.15) is 11.0 Å². The zero-order valence-corrected chi connectivity index (χ0v) is 9.72. The van der Waals surface area contributed by atoms with Crippen LogP contribution < -0.4 is 0 Å². The molecule has 5 heteroatoms. The predicted molar refractivity (Wildman–Crippen MR) is 60.9 cm³/mol. The van der Waals surface area contributed by atoms with Crippen LogP contribution in [0.5, 0.6) is 0 Å². The van der Waals surface area contributed by atoms with Gasteiger partial charge in [-0.05, 0) is 35.6 Å². The van der Waals surface area contributed by atoms with Crippen LogP contribution in [-0.4, -0.2) is 20.5 Å². The Morgan fingerprint density at radius 3 is 3.07 bits per heavy atom. The molecule has 0 saturated carbocycles. The van der Waals surface area contributed by atoms with E-state index in [0.717, 1.165) is 14.6 Å². The number of pyridine rings is 1. The van der Waals surface area contributed by atoms with Crippen molar-refractivity contribution in [1.82, 2.24) is 14.8 Å². The van der Waals surface area contributed by atoms with Crippen molar-refractivity contribution >= 4 is 39.4 Å². The number of fused-ring (bicyclic) bond motifs is 1. The Morgan fingerprint density at radius 1 is 1.57 bits per heavy atom. The highest BCUT2D eigenvalue weighted by atomic mass is 127. The largest absolute Gasteiger partial charge is 0.298 e. The molecule has 4 nitrogen and oxygen atoms in total. The number of hydrogen-bond donors (Lipinski definition) is 0. The number of Topliss-reactive ketones (excluding diaryl/α,β-unsaturated/α-hetero) is 1. The molecule has 0 atom stereocenters. The third-order valence-corrected chi connectivity index (χ3v) is 2.35. The summed E-state index contributed by atoms with van der Waals surface area (Å²) in [6.07, 6.45) is 3.56. The minimum atomic E-state index is 0.0903. The second kappa shape index (κ2) is 3.64. The Balaban J connectivity index is 2.46. The molecule has 0 radical (unpaired) electrons. The first-order valence-electron chi connectivity index (χ1n) is 4.13. The number of carbonyl (C=O) groups excluding carboxylic acids is 1. The summed E-state index contributed by atoms with van der Waals surface area (Å²) in [4.78, 5) is 15.1. The highest BCUT2D eigenvalue weighted by Gasteiger charge is 2.03. The van der Waals surface area contributed by atoms with Gasteiger partial charge >= 0.3 is 0 Å². The molecule has 2 heterocycles. The fourth-order valence-corrected chi connectivity index (χ4v) is 1.67. The zero-order chi connectivity index (χ0) is 10.1. The number of hydrogen-bond acceptors (Lipinski definition) is 3. The van der Waals surface area contributed by atoms with Gasteiger partial charge < -0.3 is 0 Å². The average Bonchev–Trinajstić information content (AvgIpc) is 2.44. The van der Waals surface area contributed by atoms with Crippen molar-refractivity contribution in [3.8, 4) is 0 Å². The van der Waals surface area contributed by atoms with E-state index in [-0.39, 0.29) is 5.78 Å². The van der Waals surface area contributed by atoms with Gasteiger partial charge in [-0.2, -0.15) is 5.10 Å². The van der Waals surface area contributed by atoms with Crippen LogP contribution in [0.1, 0.15) is 6.92 Å². The Bertz CT molecular complexity index is 492. The highest BCUT2D eigenvalue weighted by molar-refractivity contribution is 14.1. The average molecular weight is 301 g/mol. The van der Waals surface area contributed by atoms with Crippen LogP contribution in [0.25, 0.3) is 11.0 Å². The Labute approximate surface area is 94.5 Å². The number of carbonyl (C=O) groups is 1. The fraction of sp³-hybridized carbons (Fsp3) is 0.222. The predicted octanol–water partition coefficient (Wildman–Crippen LogP) is 1.62. The number of rotatable bonds is 2. The molecule has 0 saturated heterocycles. The second-order valence-corrected chi connectivity index (χ2v) is 4.33. The van der Waals surface area contributed by atoms with E-state index in [4.69, 9.17) is 0 Å². The maximum absolute atomic E-state index is 10.9. The molecule has 0 aromatic carbocycles. The summed E-state index contributed by atoms with van der Waals surface area (Å²) in [6.45, 7) is 1.86. The van der Waals surface area contributed by atoms with Crippen molar-refractivity contribution in [1.29, 1.82) is 0 Å². The smallest absolute Gasteiger partial charge is 0.151 e. The second-order valence-electron chi connectivity index (χ2n) is 3.09. The standard InChI is InChI=1S/C9H8IN3O/c1-6(14)4-13-5-9-8(12-13)2-7(10)3-11-9/h2-3,5H,4H2,1H3. The summed E-state index contributed by atoms with van der Waals surface area (Å²) in [5, 5.41) is 4.24. The van der Waals surface area contributed by atoms with Crippen molar-refractivity contribution in [3.05, 3.63) is 22.0 Å². The van der Waals surface area contributed by atoms with Gasteiger partial charge in [0, 0.05) is 9.77 Å². The molecule has 2 aromatic rings. The van der Waals surface area contributed by atoms with Gasteiger partial charge in [-0.3, -0.25) is 14.5 Å². The third kappa shape index (κ3) is 1.92. The minimum absolute atomic E-state index is 0.0903. The van der Waals surface area contributed by atoms with Crippen LogP contribution in [0.2, 0.25) is 0 Å². The normalized spacial score (nSPS) is 10.7. The van der Waals surface area contributed by atoms with Crippen molar-refractivity contribution in [3.63, 3.8) is 0 Å². The molecule has 0 spiro atoms. The summed E-state index contributed by atoms with van der Waals surface area (Å²) >= 11 is 2.18. The van der Waals surface area contributed by atoms with Crippen LogP contribution in [0, 0.1) is 3.57 Å². The quantitative estimate of drug-likeness (QED) is 0.792. The topological polar surface area (TPSA) is 47.8 Å². The van der Waals surface area contributed by atoms with E-state index in [1.165, 1.54) is 0 Å². The first-order valence-corrected chi connectivity index (χ1v) is 5.21. The lowest BCUT2D eigenvalue weighted by molar-refractivity contribution is -0.117. The van der Waals surface area contributed by atoms with E-state index >= 15 is 0 Å². The van der Waals surface area contributed by atoms with Crippen molar-refractivity contribution in [2.45, 2.75) is 13.5 Å². The van der Waals surface area contributed by atoms with E-state index in [1.807, 2.05) is 6.07 Å². The summed E-state index contributed by atoms with van der Waals surface area (Å²) in [7, 11) is 0. The monoisotopic (exact) mass is 301 g/mol. The van der Waals surface area contributed by atoms with Gasteiger partial charge in [-0.1, -0.05) is 0 Å². The van der Waals surface area contributed by atoms with E-state index < -0.39 is 0 Å². The lowest BCUT2D eigenvalue weighted by atomic mass is 10.4. The van der Waals surface area contributed by atoms with Crippen LogP contribution in [-0.2, 0) is 11.3 Å². The molecule has 2 aromatic heterocycles. The number of ketones is 1. The summed E-state index contributed by atoms with van der Waals surface area (Å²) in [5.41, 5.74) is 1.66. The van der Waals surface area contributed by atoms with Gasteiger partial charge in [-0.15, -0.1) is 0 Å². The molecule has 72 valence electrons. The molecule has 0 aliphatic rings. The van der Waals surface area contributed by atoms with Gasteiger partial charge in [0.15, 0.2) is 5.78 Å². The van der Waals surface area contributed by atoms with Crippen LogP contribution in [0.3, 0.4) is 0 Å². The summed E-state index contributed by atoms with van der Waals surface area (Å²) in [5.74, 6) is 0.0903. The molecule has 0 N–H and O–H groups in total. The summed E-state index contributed by atoms with van der Waals surface area (Å²) < 4.78 is 2.67. The first-order chi connectivity index (χ1) is 6.65. The molecular weight excluding hydrogens is 293 g/mol. The van der Waals surface area contributed by atoms with E-state index in [0.29, 0.717) is 6.54 Å². The zero-order valence-electron chi connectivity index (χ0n) is 7.57. The number of halogens is 1. The minimum Gasteiger partial charge on any atom is -0.298 e. The van der Waals surface area contributed by atoms with Crippen LogP contribution in [0.15, 0.2) is 18.5 Å². The molecule has 0 fully saturated rings. The molecule has 2 rings (SSSR count). The molecule has 0 aliphatic carbocycles. The fourth-order valence-electron chi connectivity index (χ4n) is 1.24. The lowest BCUT2D eigenvalue weighted by Gasteiger charge is -1.92.